The Morgan fingerprint density at radius 2 is 2.00 bits per heavy atom. The van der Waals surface area contributed by atoms with Crippen molar-refractivity contribution in [1.82, 2.24) is 4.98 Å². The summed E-state index contributed by atoms with van der Waals surface area (Å²) in [5, 5.41) is 0. The fraction of sp³-hybridized carbons (Fsp3) is 0.545. The molecule has 14 heavy (non-hydrogen) atoms. The van der Waals surface area contributed by atoms with E-state index in [1.807, 2.05) is 39.0 Å². The quantitative estimate of drug-likeness (QED) is 0.742. The Morgan fingerprint density at radius 1 is 1.29 bits per heavy atom. The second kappa shape index (κ2) is 4.42. The number of ether oxygens (including phenoxy) is 2. The molecule has 3 heteroatoms. The van der Waals surface area contributed by atoms with E-state index in [1.54, 1.807) is 7.11 Å². The fourth-order valence-electron chi connectivity index (χ4n) is 0.942. The lowest BCUT2D eigenvalue weighted by molar-refractivity contribution is -0.0166. The Labute approximate surface area is 85.1 Å². The van der Waals surface area contributed by atoms with Crippen LogP contribution in [0.4, 0.5) is 0 Å². The normalized spacial score (nSPS) is 11.4. The van der Waals surface area contributed by atoms with Crippen molar-refractivity contribution in [1.29, 1.82) is 0 Å². The van der Waals surface area contributed by atoms with Crippen LogP contribution in [0.5, 0.6) is 5.88 Å². The van der Waals surface area contributed by atoms with E-state index in [0.29, 0.717) is 12.5 Å². The third-order valence-electron chi connectivity index (χ3n) is 1.64. The van der Waals surface area contributed by atoms with E-state index in [9.17, 15) is 0 Å². The van der Waals surface area contributed by atoms with E-state index in [2.05, 4.69) is 4.98 Å². The first-order chi connectivity index (χ1) is 6.51. The lowest BCUT2D eigenvalue weighted by Gasteiger charge is -2.19. The summed E-state index contributed by atoms with van der Waals surface area (Å²) in [6.45, 7) is 6.58. The van der Waals surface area contributed by atoms with Gasteiger partial charge in [-0.1, -0.05) is 6.07 Å². The third-order valence-corrected chi connectivity index (χ3v) is 1.64. The SMILES string of the molecule is COc1cccc(COC(C)(C)C)n1. The van der Waals surface area contributed by atoms with Crippen molar-refractivity contribution in [2.45, 2.75) is 33.0 Å². The van der Waals surface area contributed by atoms with E-state index >= 15 is 0 Å². The molecule has 0 unspecified atom stereocenters. The van der Waals surface area contributed by atoms with Crippen LogP contribution in [-0.2, 0) is 11.3 Å². The largest absolute Gasteiger partial charge is 0.481 e. The molecule has 0 N–H and O–H groups in total. The second-order valence-corrected chi connectivity index (χ2v) is 4.07. The van der Waals surface area contributed by atoms with Gasteiger partial charge in [0.2, 0.25) is 5.88 Å². The third kappa shape index (κ3) is 3.75. The highest BCUT2D eigenvalue weighted by Gasteiger charge is 2.10. The molecule has 3 nitrogen and oxygen atoms in total. The Hall–Kier alpha value is -1.09. The van der Waals surface area contributed by atoms with Gasteiger partial charge >= 0.3 is 0 Å². The molecule has 0 radical (unpaired) electrons. The smallest absolute Gasteiger partial charge is 0.213 e. The Morgan fingerprint density at radius 3 is 2.57 bits per heavy atom. The van der Waals surface area contributed by atoms with Gasteiger partial charge in [-0.25, -0.2) is 4.98 Å². The molecule has 0 bridgehead atoms. The fourth-order valence-corrected chi connectivity index (χ4v) is 0.942. The minimum Gasteiger partial charge on any atom is -0.481 e. The topological polar surface area (TPSA) is 31.4 Å². The number of methoxy groups -OCH3 is 1. The summed E-state index contributed by atoms with van der Waals surface area (Å²) in [6.07, 6.45) is 0. The van der Waals surface area contributed by atoms with Crippen molar-refractivity contribution in [2.24, 2.45) is 0 Å². The average molecular weight is 195 g/mol. The maximum Gasteiger partial charge on any atom is 0.213 e. The van der Waals surface area contributed by atoms with Gasteiger partial charge < -0.3 is 9.47 Å². The van der Waals surface area contributed by atoms with E-state index in [1.165, 1.54) is 0 Å². The molecule has 0 aliphatic rings. The zero-order chi connectivity index (χ0) is 10.6. The summed E-state index contributed by atoms with van der Waals surface area (Å²) in [5.41, 5.74) is 0.754. The van der Waals surface area contributed by atoms with Crippen molar-refractivity contribution in [3.63, 3.8) is 0 Å². The molecule has 78 valence electrons. The predicted molar refractivity (Wildman–Crippen MR) is 55.3 cm³/mol. The molecule has 0 amide bonds. The molecular weight excluding hydrogens is 178 g/mol. The average Bonchev–Trinajstić information content (AvgIpc) is 2.14. The van der Waals surface area contributed by atoms with Gasteiger partial charge in [0.05, 0.1) is 25.0 Å². The predicted octanol–water partition coefficient (Wildman–Crippen LogP) is 2.41. The van der Waals surface area contributed by atoms with E-state index in [0.717, 1.165) is 5.69 Å². The molecule has 1 aromatic heterocycles. The van der Waals surface area contributed by atoms with Gasteiger partial charge in [0, 0.05) is 6.07 Å². The standard InChI is InChI=1S/C11H17NO2/c1-11(2,3)14-8-9-6-5-7-10(12-9)13-4/h5-7H,8H2,1-4H3. The van der Waals surface area contributed by atoms with Crippen LogP contribution in [0.1, 0.15) is 26.5 Å². The van der Waals surface area contributed by atoms with Crippen molar-refractivity contribution >= 4 is 0 Å². The van der Waals surface area contributed by atoms with Gasteiger partial charge in [0.25, 0.3) is 0 Å². The highest BCUT2D eigenvalue weighted by Crippen LogP contribution is 2.12. The first-order valence-corrected chi connectivity index (χ1v) is 4.65. The second-order valence-electron chi connectivity index (χ2n) is 4.07. The first-order valence-electron chi connectivity index (χ1n) is 4.65. The number of hydrogen-bond acceptors (Lipinski definition) is 3. The van der Waals surface area contributed by atoms with Crippen LogP contribution < -0.4 is 4.74 Å². The Bertz CT molecular complexity index is 292. The van der Waals surface area contributed by atoms with Gasteiger partial charge in [-0.05, 0) is 26.8 Å². The van der Waals surface area contributed by atoms with E-state index in [-0.39, 0.29) is 5.60 Å². The van der Waals surface area contributed by atoms with Crippen molar-refractivity contribution in [3.8, 4) is 5.88 Å². The van der Waals surface area contributed by atoms with Gasteiger partial charge in [-0.15, -0.1) is 0 Å². The summed E-state index contributed by atoms with van der Waals surface area (Å²) in [5.74, 6) is 0.625. The van der Waals surface area contributed by atoms with Crippen LogP contribution in [0.3, 0.4) is 0 Å². The molecule has 0 aliphatic heterocycles. The summed E-state index contributed by atoms with van der Waals surface area (Å²) in [4.78, 5) is 4.25. The summed E-state index contributed by atoms with van der Waals surface area (Å²) in [6, 6.07) is 5.65. The molecule has 0 saturated carbocycles. The van der Waals surface area contributed by atoms with Gasteiger partial charge in [-0.3, -0.25) is 0 Å². The Kier molecular flexibility index (Phi) is 3.47. The number of pyridine rings is 1. The molecule has 1 heterocycles. The van der Waals surface area contributed by atoms with E-state index < -0.39 is 0 Å². The summed E-state index contributed by atoms with van der Waals surface area (Å²) >= 11 is 0. The number of aromatic nitrogens is 1. The summed E-state index contributed by atoms with van der Waals surface area (Å²) < 4.78 is 10.6. The molecule has 0 aromatic carbocycles. The highest BCUT2D eigenvalue weighted by molar-refractivity contribution is 5.15. The lowest BCUT2D eigenvalue weighted by atomic mass is 10.2. The molecule has 1 aromatic rings. The number of rotatable bonds is 3. The van der Waals surface area contributed by atoms with Crippen molar-refractivity contribution in [2.75, 3.05) is 7.11 Å². The zero-order valence-electron chi connectivity index (χ0n) is 9.20. The monoisotopic (exact) mass is 195 g/mol. The minimum absolute atomic E-state index is 0.134. The van der Waals surface area contributed by atoms with Crippen LogP contribution in [0, 0.1) is 0 Å². The molecule has 1 rings (SSSR count). The molecule has 0 fully saturated rings. The summed E-state index contributed by atoms with van der Waals surface area (Å²) in [7, 11) is 1.61. The zero-order valence-corrected chi connectivity index (χ0v) is 9.20. The first kappa shape index (κ1) is 11.0. The van der Waals surface area contributed by atoms with Crippen LogP contribution in [0.15, 0.2) is 18.2 Å². The van der Waals surface area contributed by atoms with Crippen molar-refractivity contribution in [3.05, 3.63) is 23.9 Å². The Balaban J connectivity index is 2.59. The lowest BCUT2D eigenvalue weighted by Crippen LogP contribution is -2.19. The van der Waals surface area contributed by atoms with Crippen LogP contribution >= 0.6 is 0 Å². The number of hydrogen-bond donors (Lipinski definition) is 0. The minimum atomic E-state index is -0.134. The van der Waals surface area contributed by atoms with Crippen LogP contribution in [0.25, 0.3) is 0 Å². The molecule has 0 atom stereocenters. The van der Waals surface area contributed by atoms with Crippen LogP contribution in [0.2, 0.25) is 0 Å². The maximum absolute atomic E-state index is 5.60. The van der Waals surface area contributed by atoms with Crippen molar-refractivity contribution < 1.29 is 9.47 Å². The van der Waals surface area contributed by atoms with Gasteiger partial charge in [-0.2, -0.15) is 0 Å². The highest BCUT2D eigenvalue weighted by atomic mass is 16.5. The number of nitrogens with zero attached hydrogens (tertiary/aromatic N) is 1. The molecule has 0 spiro atoms. The maximum atomic E-state index is 5.60. The molecular formula is C11H17NO2. The van der Waals surface area contributed by atoms with E-state index in [4.69, 9.17) is 9.47 Å². The van der Waals surface area contributed by atoms with Gasteiger partial charge in [0.15, 0.2) is 0 Å². The van der Waals surface area contributed by atoms with Crippen LogP contribution in [-0.4, -0.2) is 17.7 Å². The molecule has 0 saturated heterocycles. The molecule has 0 aliphatic carbocycles. The van der Waals surface area contributed by atoms with Gasteiger partial charge in [0.1, 0.15) is 0 Å².